The highest BCUT2D eigenvalue weighted by molar-refractivity contribution is 6.32. The van der Waals surface area contributed by atoms with Crippen LogP contribution in [0.5, 0.6) is 5.75 Å². The molecule has 1 saturated carbocycles. The molecule has 1 aliphatic rings. The minimum absolute atomic E-state index is 0.0539. The predicted octanol–water partition coefficient (Wildman–Crippen LogP) is 2.70. The van der Waals surface area contributed by atoms with Crippen LogP contribution in [0.2, 0.25) is 5.02 Å². The first kappa shape index (κ1) is 16.9. The molecule has 0 bridgehead atoms. The molecule has 6 heteroatoms. The van der Waals surface area contributed by atoms with Crippen LogP contribution in [0.1, 0.15) is 31.2 Å². The van der Waals surface area contributed by atoms with Crippen LogP contribution in [0.25, 0.3) is 0 Å². The third-order valence-corrected chi connectivity index (χ3v) is 4.42. The average Bonchev–Trinajstić information content (AvgIpc) is 2.53. The lowest BCUT2D eigenvalue weighted by Gasteiger charge is -2.30. The SMILES string of the molecule is COc1ccc(CNC(=O)NC2CCCCC2CO)cc1Cl. The van der Waals surface area contributed by atoms with Gasteiger partial charge in [-0.1, -0.05) is 30.5 Å². The van der Waals surface area contributed by atoms with E-state index in [1.807, 2.05) is 6.07 Å². The number of rotatable bonds is 5. The molecule has 0 saturated heterocycles. The van der Waals surface area contributed by atoms with Gasteiger partial charge in [0, 0.05) is 25.1 Å². The number of hydrogen-bond donors (Lipinski definition) is 3. The van der Waals surface area contributed by atoms with Crippen molar-refractivity contribution in [2.45, 2.75) is 38.3 Å². The first-order valence-corrected chi connectivity index (χ1v) is 7.99. The molecule has 3 N–H and O–H groups in total. The van der Waals surface area contributed by atoms with Gasteiger partial charge in [0.25, 0.3) is 0 Å². The second-order valence-electron chi connectivity index (χ2n) is 5.63. The molecule has 0 aromatic heterocycles. The van der Waals surface area contributed by atoms with Crippen molar-refractivity contribution in [1.82, 2.24) is 10.6 Å². The number of carbonyl (C=O) groups excluding carboxylic acids is 1. The van der Waals surface area contributed by atoms with Gasteiger partial charge in [0.05, 0.1) is 12.1 Å². The molecule has 22 heavy (non-hydrogen) atoms. The largest absolute Gasteiger partial charge is 0.495 e. The third-order valence-electron chi connectivity index (χ3n) is 4.13. The number of benzene rings is 1. The van der Waals surface area contributed by atoms with E-state index in [2.05, 4.69) is 10.6 Å². The van der Waals surface area contributed by atoms with Crippen molar-refractivity contribution in [3.8, 4) is 5.75 Å². The quantitative estimate of drug-likeness (QED) is 0.779. The molecular formula is C16H23ClN2O3. The predicted molar refractivity (Wildman–Crippen MR) is 86.2 cm³/mol. The maximum Gasteiger partial charge on any atom is 0.315 e. The van der Waals surface area contributed by atoms with Gasteiger partial charge in [-0.25, -0.2) is 4.79 Å². The third kappa shape index (κ3) is 4.52. The summed E-state index contributed by atoms with van der Waals surface area (Å²) in [7, 11) is 1.56. The van der Waals surface area contributed by atoms with Gasteiger partial charge in [0.1, 0.15) is 5.75 Å². The Kier molecular flexibility index (Phi) is 6.34. The van der Waals surface area contributed by atoms with Crippen molar-refractivity contribution in [1.29, 1.82) is 0 Å². The summed E-state index contributed by atoms with van der Waals surface area (Å²) in [6, 6.07) is 5.26. The summed E-state index contributed by atoms with van der Waals surface area (Å²) >= 11 is 6.06. The fourth-order valence-electron chi connectivity index (χ4n) is 2.84. The van der Waals surface area contributed by atoms with E-state index in [0.29, 0.717) is 17.3 Å². The fourth-order valence-corrected chi connectivity index (χ4v) is 3.12. The smallest absolute Gasteiger partial charge is 0.315 e. The number of nitrogens with one attached hydrogen (secondary N) is 2. The van der Waals surface area contributed by atoms with E-state index in [1.54, 1.807) is 19.2 Å². The molecule has 0 heterocycles. The Morgan fingerprint density at radius 1 is 1.41 bits per heavy atom. The summed E-state index contributed by atoms with van der Waals surface area (Å²) in [6.45, 7) is 0.519. The second kappa shape index (κ2) is 8.25. The standard InChI is InChI=1S/C16H23ClN2O3/c1-22-15-7-6-11(8-13(15)17)9-18-16(21)19-14-5-3-2-4-12(14)10-20/h6-8,12,14,20H,2-5,9-10H2,1H3,(H2,18,19,21). The van der Waals surface area contributed by atoms with E-state index in [4.69, 9.17) is 16.3 Å². The number of aliphatic hydroxyl groups is 1. The highest BCUT2D eigenvalue weighted by atomic mass is 35.5. The van der Waals surface area contributed by atoms with Crippen LogP contribution in [0.4, 0.5) is 4.79 Å². The summed E-state index contributed by atoms with van der Waals surface area (Å²) in [6.07, 6.45) is 4.10. The number of halogens is 1. The highest BCUT2D eigenvalue weighted by Crippen LogP contribution is 2.25. The number of urea groups is 1. The average molecular weight is 327 g/mol. The van der Waals surface area contributed by atoms with E-state index < -0.39 is 0 Å². The van der Waals surface area contributed by atoms with Crippen molar-refractivity contribution < 1.29 is 14.6 Å². The number of carbonyl (C=O) groups is 1. The van der Waals surface area contributed by atoms with Crippen LogP contribution in [0, 0.1) is 5.92 Å². The first-order valence-electron chi connectivity index (χ1n) is 7.61. The molecule has 0 spiro atoms. The number of methoxy groups -OCH3 is 1. The highest BCUT2D eigenvalue weighted by Gasteiger charge is 2.25. The zero-order chi connectivity index (χ0) is 15.9. The lowest BCUT2D eigenvalue weighted by atomic mass is 9.85. The Bertz CT molecular complexity index is 510. The van der Waals surface area contributed by atoms with Crippen LogP contribution in [-0.4, -0.2) is 30.9 Å². The molecule has 1 aliphatic carbocycles. The van der Waals surface area contributed by atoms with Crippen LogP contribution in [0.15, 0.2) is 18.2 Å². The minimum Gasteiger partial charge on any atom is -0.495 e. The molecule has 2 unspecified atom stereocenters. The summed E-state index contributed by atoms with van der Waals surface area (Å²) in [5.74, 6) is 0.776. The molecule has 1 fully saturated rings. The Morgan fingerprint density at radius 3 is 2.86 bits per heavy atom. The molecule has 1 aromatic rings. The molecular weight excluding hydrogens is 304 g/mol. The van der Waals surface area contributed by atoms with Gasteiger partial charge in [-0.15, -0.1) is 0 Å². The maximum absolute atomic E-state index is 12.0. The van der Waals surface area contributed by atoms with Crippen LogP contribution < -0.4 is 15.4 Å². The molecule has 122 valence electrons. The summed E-state index contributed by atoms with van der Waals surface area (Å²) in [5.41, 5.74) is 0.906. The van der Waals surface area contributed by atoms with E-state index >= 15 is 0 Å². The number of aliphatic hydroxyl groups excluding tert-OH is 1. The van der Waals surface area contributed by atoms with Crippen LogP contribution in [-0.2, 0) is 6.54 Å². The minimum atomic E-state index is -0.211. The Morgan fingerprint density at radius 2 is 2.18 bits per heavy atom. The van der Waals surface area contributed by atoms with Gasteiger partial charge in [0.2, 0.25) is 0 Å². The molecule has 1 aromatic carbocycles. The van der Waals surface area contributed by atoms with Gasteiger partial charge in [-0.05, 0) is 30.5 Å². The fraction of sp³-hybridized carbons (Fsp3) is 0.562. The maximum atomic E-state index is 12.0. The van der Waals surface area contributed by atoms with Gasteiger partial charge < -0.3 is 20.5 Å². The van der Waals surface area contributed by atoms with E-state index in [9.17, 15) is 9.90 Å². The molecule has 2 amide bonds. The van der Waals surface area contributed by atoms with Crippen molar-refractivity contribution in [3.63, 3.8) is 0 Å². The van der Waals surface area contributed by atoms with Crippen molar-refractivity contribution >= 4 is 17.6 Å². The Hall–Kier alpha value is -1.46. The number of amides is 2. The van der Waals surface area contributed by atoms with Gasteiger partial charge in [-0.2, -0.15) is 0 Å². The molecule has 2 atom stereocenters. The van der Waals surface area contributed by atoms with E-state index in [1.165, 1.54) is 0 Å². The number of ether oxygens (including phenoxy) is 1. The lowest BCUT2D eigenvalue weighted by Crippen LogP contribution is -2.47. The first-order chi connectivity index (χ1) is 10.6. The Labute approximate surface area is 136 Å². The van der Waals surface area contributed by atoms with Gasteiger partial charge in [0.15, 0.2) is 0 Å². The zero-order valence-electron chi connectivity index (χ0n) is 12.8. The number of hydrogen-bond acceptors (Lipinski definition) is 3. The summed E-state index contributed by atoms with van der Waals surface area (Å²) in [5, 5.41) is 15.7. The summed E-state index contributed by atoms with van der Waals surface area (Å²) in [4.78, 5) is 12.0. The van der Waals surface area contributed by atoms with Crippen LogP contribution in [0.3, 0.4) is 0 Å². The molecule has 0 aliphatic heterocycles. The van der Waals surface area contributed by atoms with Crippen molar-refractivity contribution in [3.05, 3.63) is 28.8 Å². The van der Waals surface area contributed by atoms with E-state index in [0.717, 1.165) is 31.2 Å². The van der Waals surface area contributed by atoms with Crippen molar-refractivity contribution in [2.75, 3.05) is 13.7 Å². The lowest BCUT2D eigenvalue weighted by molar-refractivity contribution is 0.153. The normalized spacial score (nSPS) is 21.2. The topological polar surface area (TPSA) is 70.6 Å². The summed E-state index contributed by atoms with van der Waals surface area (Å²) < 4.78 is 5.09. The molecule has 5 nitrogen and oxygen atoms in total. The monoisotopic (exact) mass is 326 g/mol. The molecule has 0 radical (unpaired) electrons. The van der Waals surface area contributed by atoms with Crippen LogP contribution >= 0.6 is 11.6 Å². The second-order valence-corrected chi connectivity index (χ2v) is 6.04. The molecule has 2 rings (SSSR count). The Balaban J connectivity index is 1.83. The van der Waals surface area contributed by atoms with Gasteiger partial charge >= 0.3 is 6.03 Å². The van der Waals surface area contributed by atoms with E-state index in [-0.39, 0.29) is 24.6 Å². The van der Waals surface area contributed by atoms with Gasteiger partial charge in [-0.3, -0.25) is 0 Å². The van der Waals surface area contributed by atoms with Crippen molar-refractivity contribution in [2.24, 2.45) is 5.92 Å². The zero-order valence-corrected chi connectivity index (χ0v) is 13.5.